The first-order valence-electron chi connectivity index (χ1n) is 13.4. The maximum atomic E-state index is 12.5. The first kappa shape index (κ1) is 32.5. The summed E-state index contributed by atoms with van der Waals surface area (Å²) >= 11 is 0. The van der Waals surface area contributed by atoms with E-state index in [1.165, 1.54) is 0 Å². The van der Waals surface area contributed by atoms with E-state index in [4.69, 9.17) is 9.84 Å². The Hall–Kier alpha value is -4.01. The molecule has 2 unspecified atom stereocenters. The first-order chi connectivity index (χ1) is 19.6. The third-order valence-electron chi connectivity index (χ3n) is 6.87. The first-order valence-corrected chi connectivity index (χ1v) is 13.4. The van der Waals surface area contributed by atoms with Crippen LogP contribution in [0, 0.1) is 41.5 Å². The van der Waals surface area contributed by atoms with Gasteiger partial charge in [-0.1, -0.05) is 71.8 Å². The molecule has 0 aliphatic heterocycles. The Morgan fingerprint density at radius 3 is 1.76 bits per heavy atom. The van der Waals surface area contributed by atoms with Gasteiger partial charge in [0.05, 0.1) is 6.10 Å². The van der Waals surface area contributed by atoms with Crippen molar-refractivity contribution in [2.75, 3.05) is 0 Å². The summed E-state index contributed by atoms with van der Waals surface area (Å²) in [6.07, 6.45) is -9.34. The van der Waals surface area contributed by atoms with Gasteiger partial charge >= 0.3 is 12.1 Å². The molecular formula is C34H35F3O5. The van der Waals surface area contributed by atoms with Gasteiger partial charge in [0, 0.05) is 12.0 Å². The number of rotatable bonds is 6. The number of aryl methyl sites for hydroxylation is 6. The van der Waals surface area contributed by atoms with Crippen LogP contribution in [0.15, 0.2) is 66.7 Å². The summed E-state index contributed by atoms with van der Waals surface area (Å²) in [4.78, 5) is 24.8. The summed E-state index contributed by atoms with van der Waals surface area (Å²) in [6.45, 7) is 11.4. The van der Waals surface area contributed by atoms with Crippen molar-refractivity contribution in [2.45, 2.75) is 66.3 Å². The molecule has 0 spiro atoms. The van der Waals surface area contributed by atoms with Gasteiger partial charge in [0.2, 0.25) is 0 Å². The van der Waals surface area contributed by atoms with Gasteiger partial charge in [-0.05, 0) is 86.2 Å². The monoisotopic (exact) mass is 580 g/mol. The number of hydrogen-bond donors (Lipinski definition) is 2. The maximum Gasteiger partial charge on any atom is 0.414 e. The number of fused-ring (bicyclic) bond motifs is 1. The summed E-state index contributed by atoms with van der Waals surface area (Å²) in [5.74, 6) is -0.967. The number of carbonyl (C=O) groups is 2. The molecular weight excluding hydrogens is 545 g/mol. The van der Waals surface area contributed by atoms with Gasteiger partial charge < -0.3 is 14.9 Å². The molecule has 4 aromatic rings. The molecule has 2 N–H and O–H groups in total. The maximum absolute atomic E-state index is 12.5. The van der Waals surface area contributed by atoms with Gasteiger partial charge in [0.1, 0.15) is 5.75 Å². The largest absolute Gasteiger partial charge is 0.420 e. The molecule has 0 bridgehead atoms. The van der Waals surface area contributed by atoms with Crippen LogP contribution in [0.25, 0.3) is 10.8 Å². The molecule has 0 amide bonds. The molecule has 222 valence electrons. The minimum absolute atomic E-state index is 0.363. The molecule has 0 saturated heterocycles. The van der Waals surface area contributed by atoms with Gasteiger partial charge in [0.15, 0.2) is 6.10 Å². The number of carbonyl (C=O) groups excluding carboxylic acids is 2. The second kappa shape index (κ2) is 13.3. The van der Waals surface area contributed by atoms with E-state index in [1.807, 2.05) is 90.1 Å². The fraction of sp³-hybridized carbons (Fsp3) is 0.294. The number of Topliss-reactive ketones (excluding diaryl/α,β-unsaturated/α-hetero) is 1. The molecule has 0 radical (unpaired) electrons. The van der Waals surface area contributed by atoms with Crippen LogP contribution in [-0.2, 0) is 4.79 Å². The lowest BCUT2D eigenvalue weighted by molar-refractivity contribution is -0.211. The van der Waals surface area contributed by atoms with Crippen molar-refractivity contribution in [1.82, 2.24) is 0 Å². The lowest BCUT2D eigenvalue weighted by Crippen LogP contribution is -2.30. The molecule has 4 aromatic carbocycles. The number of halogens is 3. The molecule has 8 heteroatoms. The van der Waals surface area contributed by atoms with Gasteiger partial charge in [0.25, 0.3) is 5.78 Å². The quantitative estimate of drug-likeness (QED) is 0.107. The van der Waals surface area contributed by atoms with Crippen LogP contribution in [0.5, 0.6) is 5.75 Å². The number of aliphatic hydroxyl groups is 2. The molecule has 0 saturated carbocycles. The smallest absolute Gasteiger partial charge is 0.414 e. The second-order valence-corrected chi connectivity index (χ2v) is 10.6. The van der Waals surface area contributed by atoms with Crippen molar-refractivity contribution in [3.8, 4) is 5.75 Å². The molecule has 0 fully saturated rings. The average molecular weight is 581 g/mol. The summed E-state index contributed by atoms with van der Waals surface area (Å²) in [5.41, 5.74) is 6.24. The molecule has 5 nitrogen and oxygen atoms in total. The molecule has 0 heterocycles. The summed E-state index contributed by atoms with van der Waals surface area (Å²) < 4.78 is 42.1. The second-order valence-electron chi connectivity index (χ2n) is 10.6. The number of ketones is 1. The van der Waals surface area contributed by atoms with Crippen LogP contribution in [-0.4, -0.2) is 34.2 Å². The number of benzene rings is 4. The summed E-state index contributed by atoms with van der Waals surface area (Å²) in [6, 6.07) is 19.9. The highest BCUT2D eigenvalue weighted by atomic mass is 19.4. The van der Waals surface area contributed by atoms with Crippen molar-refractivity contribution in [3.63, 3.8) is 0 Å². The molecule has 2 atom stereocenters. The number of ether oxygens (including phenoxy) is 1. The van der Waals surface area contributed by atoms with Gasteiger partial charge in [-0.2, -0.15) is 13.2 Å². The Labute approximate surface area is 243 Å². The van der Waals surface area contributed by atoms with Crippen molar-refractivity contribution >= 4 is 22.5 Å². The number of aliphatic hydroxyl groups excluding tert-OH is 2. The molecule has 0 aromatic heterocycles. The number of alkyl halides is 3. The predicted molar refractivity (Wildman–Crippen MR) is 157 cm³/mol. The van der Waals surface area contributed by atoms with Crippen molar-refractivity contribution in [2.24, 2.45) is 0 Å². The Bertz CT molecular complexity index is 1560. The van der Waals surface area contributed by atoms with Crippen LogP contribution in [0.1, 0.15) is 61.8 Å². The number of esters is 1. The minimum atomic E-state index is -4.71. The van der Waals surface area contributed by atoms with E-state index in [9.17, 15) is 27.9 Å². The zero-order chi connectivity index (χ0) is 31.4. The Kier molecular flexibility index (Phi) is 10.3. The summed E-state index contributed by atoms with van der Waals surface area (Å²) in [5, 5.41) is 20.5. The molecule has 4 rings (SSSR count). The highest BCUT2D eigenvalue weighted by Crippen LogP contribution is 2.30. The Morgan fingerprint density at radius 2 is 1.24 bits per heavy atom. The van der Waals surface area contributed by atoms with E-state index in [2.05, 4.69) is 0 Å². The van der Waals surface area contributed by atoms with Crippen LogP contribution < -0.4 is 4.74 Å². The highest BCUT2D eigenvalue weighted by molar-refractivity contribution is 6.41. The van der Waals surface area contributed by atoms with E-state index in [0.717, 1.165) is 44.2 Å². The van der Waals surface area contributed by atoms with Crippen LogP contribution in [0.3, 0.4) is 0 Å². The zero-order valence-electron chi connectivity index (χ0n) is 24.5. The molecule has 0 aliphatic rings. The van der Waals surface area contributed by atoms with Gasteiger partial charge in [-0.25, -0.2) is 4.79 Å². The van der Waals surface area contributed by atoms with E-state index in [1.54, 1.807) is 18.2 Å². The standard InChI is InChI=1S/C20H22O3.C14H13F3O2/c1-11-7-13(3)17(14(4)8-11)18(21)20(22)23-19-15(5)9-12(2)10-16(19)6;15-14(16,17)13(19)8-12(18)11-6-5-9-3-1-2-4-10(9)7-11/h7-10H,1-6H3;1-7,12-13,18-19H,8H2. The third-order valence-corrected chi connectivity index (χ3v) is 6.87. The van der Waals surface area contributed by atoms with Crippen LogP contribution in [0.2, 0.25) is 0 Å². The van der Waals surface area contributed by atoms with Gasteiger partial charge in [-0.3, -0.25) is 4.79 Å². The summed E-state index contributed by atoms with van der Waals surface area (Å²) in [7, 11) is 0. The van der Waals surface area contributed by atoms with E-state index in [-0.39, 0.29) is 0 Å². The zero-order valence-corrected chi connectivity index (χ0v) is 24.5. The Balaban J connectivity index is 0.000000235. The fourth-order valence-electron chi connectivity index (χ4n) is 5.00. The Morgan fingerprint density at radius 1 is 0.738 bits per heavy atom. The average Bonchev–Trinajstić information content (AvgIpc) is 2.89. The topological polar surface area (TPSA) is 83.8 Å². The SMILES string of the molecule is Cc1cc(C)c(OC(=O)C(=O)c2c(C)cc(C)cc2C)c(C)c1.OC(CC(O)C(F)(F)F)c1ccc2ccccc2c1. The van der Waals surface area contributed by atoms with Crippen LogP contribution in [0.4, 0.5) is 13.2 Å². The normalized spacial score (nSPS) is 12.7. The van der Waals surface area contributed by atoms with Crippen molar-refractivity contribution < 1.29 is 37.7 Å². The van der Waals surface area contributed by atoms with E-state index >= 15 is 0 Å². The van der Waals surface area contributed by atoms with Gasteiger partial charge in [-0.15, -0.1) is 0 Å². The van der Waals surface area contributed by atoms with Crippen molar-refractivity contribution in [1.29, 1.82) is 0 Å². The predicted octanol–water partition coefficient (Wildman–Crippen LogP) is 7.51. The number of hydrogen-bond acceptors (Lipinski definition) is 5. The minimum Gasteiger partial charge on any atom is -0.420 e. The third kappa shape index (κ3) is 8.05. The van der Waals surface area contributed by atoms with Crippen LogP contribution >= 0.6 is 0 Å². The molecule has 0 aliphatic carbocycles. The van der Waals surface area contributed by atoms with Crippen molar-refractivity contribution in [3.05, 3.63) is 111 Å². The lowest BCUT2D eigenvalue weighted by Gasteiger charge is -2.18. The fourth-order valence-corrected chi connectivity index (χ4v) is 5.00. The lowest BCUT2D eigenvalue weighted by atomic mass is 9.96. The van der Waals surface area contributed by atoms with E-state index < -0.39 is 36.6 Å². The van der Waals surface area contributed by atoms with E-state index in [0.29, 0.717) is 16.9 Å². The molecule has 42 heavy (non-hydrogen) atoms. The highest BCUT2D eigenvalue weighted by Gasteiger charge is 2.39.